The monoisotopic (exact) mass is 308 g/mol. The minimum Gasteiger partial charge on any atom is -0.450 e. The topological polar surface area (TPSA) is 83.5 Å². The molecule has 7 heteroatoms. The van der Waals surface area contributed by atoms with Gasteiger partial charge in [0, 0.05) is 26.7 Å². The van der Waals surface area contributed by atoms with Gasteiger partial charge in [-0.25, -0.2) is 4.79 Å². The maximum atomic E-state index is 10.4. The maximum absolute atomic E-state index is 10.4. The van der Waals surface area contributed by atoms with E-state index in [-0.39, 0.29) is 12.7 Å². The Hall–Kier alpha value is -0.890. The summed E-state index contributed by atoms with van der Waals surface area (Å²) in [5, 5.41) is 8.53. The summed E-state index contributed by atoms with van der Waals surface area (Å²) in [6.07, 6.45) is 1.08. The normalized spacial score (nSPS) is 12.3. The van der Waals surface area contributed by atoms with Crippen LogP contribution in [0.25, 0.3) is 0 Å². The second-order valence-corrected chi connectivity index (χ2v) is 4.43. The maximum Gasteiger partial charge on any atom is 0.505 e. The molecule has 0 aliphatic carbocycles. The van der Waals surface area contributed by atoms with Gasteiger partial charge in [-0.15, -0.1) is 0 Å². The second-order valence-electron chi connectivity index (χ2n) is 4.43. The van der Waals surface area contributed by atoms with Crippen molar-refractivity contribution in [2.45, 2.75) is 32.3 Å². The van der Waals surface area contributed by atoms with Gasteiger partial charge in [0.15, 0.2) is 0 Å². The van der Waals surface area contributed by atoms with Crippen molar-refractivity contribution >= 4 is 6.16 Å². The van der Waals surface area contributed by atoms with Crippen LogP contribution >= 0.6 is 0 Å². The molecule has 0 aromatic heterocycles. The van der Waals surface area contributed by atoms with E-state index in [2.05, 4.69) is 11.7 Å². The number of methoxy groups -OCH3 is 1. The Morgan fingerprint density at radius 2 is 1.76 bits per heavy atom. The van der Waals surface area contributed by atoms with E-state index in [0.29, 0.717) is 46.1 Å². The van der Waals surface area contributed by atoms with Gasteiger partial charge in [0.05, 0.1) is 32.5 Å². The number of hydrogen-bond donors (Lipinski definition) is 1. The Bertz CT molecular complexity index is 235. The molecule has 0 spiro atoms. The van der Waals surface area contributed by atoms with Crippen molar-refractivity contribution in [1.29, 1.82) is 0 Å². The second kappa shape index (κ2) is 15.5. The van der Waals surface area contributed by atoms with Crippen molar-refractivity contribution in [1.82, 2.24) is 0 Å². The van der Waals surface area contributed by atoms with E-state index < -0.39 is 6.16 Å². The SMILES string of the molecule is CCCCOCCC(COC(=O)O)OCCOCCOC. The molecule has 0 aliphatic rings. The predicted octanol–water partition coefficient (Wildman–Crippen LogP) is 1.94. The Balaban J connectivity index is 3.72. The third-order valence-electron chi connectivity index (χ3n) is 2.63. The zero-order chi connectivity index (χ0) is 15.8. The molecule has 0 aliphatic heterocycles. The smallest absolute Gasteiger partial charge is 0.450 e. The first-order valence-corrected chi connectivity index (χ1v) is 7.32. The molecule has 21 heavy (non-hydrogen) atoms. The molecular weight excluding hydrogens is 280 g/mol. The van der Waals surface area contributed by atoms with Gasteiger partial charge in [-0.05, 0) is 6.42 Å². The molecule has 0 saturated heterocycles. The first kappa shape index (κ1) is 20.1. The van der Waals surface area contributed by atoms with Crippen LogP contribution in [-0.2, 0) is 23.7 Å². The van der Waals surface area contributed by atoms with Crippen LogP contribution < -0.4 is 0 Å². The molecule has 7 nitrogen and oxygen atoms in total. The Morgan fingerprint density at radius 1 is 1.05 bits per heavy atom. The van der Waals surface area contributed by atoms with E-state index in [1.54, 1.807) is 7.11 Å². The van der Waals surface area contributed by atoms with Crippen LogP contribution in [-0.4, -0.2) is 70.7 Å². The summed E-state index contributed by atoms with van der Waals surface area (Å²) in [5.74, 6) is 0. The fraction of sp³-hybridized carbons (Fsp3) is 0.929. The molecule has 0 aromatic carbocycles. The summed E-state index contributed by atoms with van der Waals surface area (Å²) in [6, 6.07) is 0. The summed E-state index contributed by atoms with van der Waals surface area (Å²) in [7, 11) is 1.61. The van der Waals surface area contributed by atoms with E-state index in [1.807, 2.05) is 0 Å². The first-order valence-electron chi connectivity index (χ1n) is 7.32. The minimum absolute atomic E-state index is 0.00451. The molecule has 0 aromatic rings. The highest BCUT2D eigenvalue weighted by Gasteiger charge is 2.12. The van der Waals surface area contributed by atoms with Crippen LogP contribution in [0, 0.1) is 0 Å². The van der Waals surface area contributed by atoms with Gasteiger partial charge in [-0.2, -0.15) is 0 Å². The summed E-state index contributed by atoms with van der Waals surface area (Å²) in [5.41, 5.74) is 0. The van der Waals surface area contributed by atoms with Gasteiger partial charge in [-0.3, -0.25) is 0 Å². The van der Waals surface area contributed by atoms with Crippen LogP contribution in [0.15, 0.2) is 0 Å². The molecule has 0 fully saturated rings. The van der Waals surface area contributed by atoms with Crippen LogP contribution in [0.4, 0.5) is 4.79 Å². The Labute approximate surface area is 126 Å². The summed E-state index contributed by atoms with van der Waals surface area (Å²) in [4.78, 5) is 10.4. The molecule has 0 amide bonds. The van der Waals surface area contributed by atoms with Crippen molar-refractivity contribution in [3.8, 4) is 0 Å². The molecule has 0 rings (SSSR count). The van der Waals surface area contributed by atoms with Crippen LogP contribution in [0.2, 0.25) is 0 Å². The highest BCUT2D eigenvalue weighted by Crippen LogP contribution is 2.02. The minimum atomic E-state index is -1.30. The molecule has 1 unspecified atom stereocenters. The highest BCUT2D eigenvalue weighted by atomic mass is 16.7. The lowest BCUT2D eigenvalue weighted by molar-refractivity contribution is -0.0465. The molecule has 1 N–H and O–H groups in total. The largest absolute Gasteiger partial charge is 0.505 e. The van der Waals surface area contributed by atoms with Crippen LogP contribution in [0.1, 0.15) is 26.2 Å². The highest BCUT2D eigenvalue weighted by molar-refractivity contribution is 5.56. The number of unbranched alkanes of at least 4 members (excludes halogenated alkanes) is 1. The summed E-state index contributed by atoms with van der Waals surface area (Å²) < 4.78 is 25.7. The van der Waals surface area contributed by atoms with Gasteiger partial charge in [-0.1, -0.05) is 13.3 Å². The van der Waals surface area contributed by atoms with Crippen LogP contribution in [0.5, 0.6) is 0 Å². The molecule has 0 radical (unpaired) electrons. The summed E-state index contributed by atoms with van der Waals surface area (Å²) >= 11 is 0. The third-order valence-corrected chi connectivity index (χ3v) is 2.63. The Kier molecular flexibility index (Phi) is 14.8. The van der Waals surface area contributed by atoms with Crippen molar-refractivity contribution in [2.75, 3.05) is 53.4 Å². The number of rotatable bonds is 15. The van der Waals surface area contributed by atoms with Crippen molar-refractivity contribution in [3.05, 3.63) is 0 Å². The third kappa shape index (κ3) is 15.3. The number of hydrogen-bond acceptors (Lipinski definition) is 6. The fourth-order valence-electron chi connectivity index (χ4n) is 1.46. The zero-order valence-electron chi connectivity index (χ0n) is 13.0. The lowest BCUT2D eigenvalue weighted by Crippen LogP contribution is -2.25. The quantitative estimate of drug-likeness (QED) is 0.365. The fourth-order valence-corrected chi connectivity index (χ4v) is 1.46. The van der Waals surface area contributed by atoms with Gasteiger partial charge < -0.3 is 28.8 Å². The average molecular weight is 308 g/mol. The molecule has 0 saturated carbocycles. The average Bonchev–Trinajstić information content (AvgIpc) is 2.47. The van der Waals surface area contributed by atoms with Crippen molar-refractivity contribution in [2.24, 2.45) is 0 Å². The van der Waals surface area contributed by atoms with E-state index in [1.165, 1.54) is 0 Å². The lowest BCUT2D eigenvalue weighted by Gasteiger charge is -2.17. The van der Waals surface area contributed by atoms with E-state index in [0.717, 1.165) is 12.8 Å². The predicted molar refractivity (Wildman–Crippen MR) is 76.8 cm³/mol. The van der Waals surface area contributed by atoms with E-state index >= 15 is 0 Å². The van der Waals surface area contributed by atoms with Gasteiger partial charge in [0.2, 0.25) is 0 Å². The molecule has 126 valence electrons. The van der Waals surface area contributed by atoms with Gasteiger partial charge in [0.1, 0.15) is 6.61 Å². The van der Waals surface area contributed by atoms with Crippen molar-refractivity contribution in [3.63, 3.8) is 0 Å². The lowest BCUT2D eigenvalue weighted by atomic mass is 10.3. The zero-order valence-corrected chi connectivity index (χ0v) is 13.0. The van der Waals surface area contributed by atoms with E-state index in [9.17, 15) is 4.79 Å². The number of ether oxygens (including phenoxy) is 5. The molecule has 0 heterocycles. The number of carboxylic acid groups (broad SMARTS) is 1. The van der Waals surface area contributed by atoms with Gasteiger partial charge >= 0.3 is 6.16 Å². The van der Waals surface area contributed by atoms with Crippen LogP contribution in [0.3, 0.4) is 0 Å². The summed E-state index contributed by atoms with van der Waals surface area (Å²) in [6.45, 7) is 5.20. The molecular formula is C14H28O7. The standard InChI is InChI=1S/C14H28O7/c1-3-4-6-18-7-5-13(12-21-14(15)16)20-11-10-19-9-8-17-2/h13H,3-12H2,1-2H3,(H,15,16). The van der Waals surface area contributed by atoms with E-state index in [4.69, 9.17) is 24.1 Å². The first-order chi connectivity index (χ1) is 10.2. The molecule has 1 atom stereocenters. The molecule has 0 bridgehead atoms. The number of carbonyl (C=O) groups is 1. The Morgan fingerprint density at radius 3 is 2.43 bits per heavy atom. The van der Waals surface area contributed by atoms with Crippen molar-refractivity contribution < 1.29 is 33.6 Å². The van der Waals surface area contributed by atoms with Gasteiger partial charge in [0.25, 0.3) is 0 Å².